The Bertz CT molecular complexity index is 583. The third-order valence-corrected chi connectivity index (χ3v) is 4.14. The lowest BCUT2D eigenvalue weighted by Crippen LogP contribution is -2.22. The van der Waals surface area contributed by atoms with Crippen molar-refractivity contribution < 1.29 is 9.84 Å². The molecule has 0 bridgehead atoms. The van der Waals surface area contributed by atoms with Crippen molar-refractivity contribution in [1.82, 2.24) is 15.0 Å². The highest BCUT2D eigenvalue weighted by molar-refractivity contribution is 5.07. The average molecular weight is 299 g/mol. The summed E-state index contributed by atoms with van der Waals surface area (Å²) in [6.07, 6.45) is 9.78. The molecule has 1 aliphatic carbocycles. The van der Waals surface area contributed by atoms with Crippen LogP contribution < -0.4 is 0 Å². The van der Waals surface area contributed by atoms with Crippen LogP contribution in [0.1, 0.15) is 48.7 Å². The molecule has 1 aliphatic rings. The molecule has 5 heteroatoms. The van der Waals surface area contributed by atoms with Crippen LogP contribution in [0.15, 0.2) is 36.8 Å². The predicted molar refractivity (Wildman–Crippen MR) is 82.0 cm³/mol. The Kier molecular flexibility index (Phi) is 5.08. The van der Waals surface area contributed by atoms with Gasteiger partial charge in [-0.05, 0) is 43.4 Å². The van der Waals surface area contributed by atoms with Crippen molar-refractivity contribution in [3.8, 4) is 0 Å². The Hall–Kier alpha value is -1.85. The van der Waals surface area contributed by atoms with Gasteiger partial charge >= 0.3 is 0 Å². The van der Waals surface area contributed by atoms with E-state index >= 15 is 0 Å². The molecule has 3 rings (SSSR count). The molecule has 0 spiro atoms. The highest BCUT2D eigenvalue weighted by Gasteiger charge is 2.24. The minimum absolute atomic E-state index is 0.0287. The first-order chi connectivity index (χ1) is 10.8. The van der Waals surface area contributed by atoms with E-state index in [2.05, 4.69) is 15.0 Å². The van der Waals surface area contributed by atoms with Crippen molar-refractivity contribution in [3.05, 3.63) is 53.9 Å². The number of pyridine rings is 1. The smallest absolute Gasteiger partial charge is 0.131 e. The molecule has 0 unspecified atom stereocenters. The van der Waals surface area contributed by atoms with E-state index in [1.807, 2.05) is 18.3 Å². The standard InChI is InChI=1S/C17H21N3O2/c21-11-15-7-9-19-17(20-15)14-3-5-16(6-4-14)22-12-13-2-1-8-18-10-13/h1-2,7-10,14,16,21H,3-6,11-12H2. The Morgan fingerprint density at radius 3 is 2.73 bits per heavy atom. The molecule has 0 aliphatic heterocycles. The van der Waals surface area contributed by atoms with Crippen molar-refractivity contribution in [1.29, 1.82) is 0 Å². The van der Waals surface area contributed by atoms with Gasteiger partial charge in [0.2, 0.25) is 0 Å². The quantitative estimate of drug-likeness (QED) is 0.919. The van der Waals surface area contributed by atoms with Gasteiger partial charge in [-0.15, -0.1) is 0 Å². The largest absolute Gasteiger partial charge is 0.390 e. The summed E-state index contributed by atoms with van der Waals surface area (Å²) in [7, 11) is 0. The van der Waals surface area contributed by atoms with Crippen LogP contribution in [0.2, 0.25) is 0 Å². The van der Waals surface area contributed by atoms with E-state index in [0.717, 1.165) is 37.1 Å². The molecule has 0 saturated heterocycles. The third kappa shape index (κ3) is 3.87. The van der Waals surface area contributed by atoms with Gasteiger partial charge in [-0.3, -0.25) is 4.98 Å². The number of ether oxygens (including phenoxy) is 1. The first-order valence-electron chi connectivity index (χ1n) is 7.78. The normalized spacial score (nSPS) is 21.7. The summed E-state index contributed by atoms with van der Waals surface area (Å²) >= 11 is 0. The Balaban J connectivity index is 1.49. The molecule has 0 amide bonds. The monoisotopic (exact) mass is 299 g/mol. The minimum atomic E-state index is -0.0287. The molecule has 1 saturated carbocycles. The van der Waals surface area contributed by atoms with Crippen LogP contribution in [0, 0.1) is 0 Å². The predicted octanol–water partition coefficient (Wildman–Crippen LogP) is 2.61. The molecule has 2 heterocycles. The van der Waals surface area contributed by atoms with E-state index in [-0.39, 0.29) is 6.61 Å². The summed E-state index contributed by atoms with van der Waals surface area (Å²) in [5.41, 5.74) is 1.81. The van der Waals surface area contributed by atoms with Gasteiger partial charge < -0.3 is 9.84 Å². The first-order valence-corrected chi connectivity index (χ1v) is 7.78. The van der Waals surface area contributed by atoms with Gasteiger partial charge in [-0.2, -0.15) is 0 Å². The second-order valence-corrected chi connectivity index (χ2v) is 5.71. The van der Waals surface area contributed by atoms with Gasteiger partial charge in [-0.1, -0.05) is 6.07 Å². The zero-order valence-corrected chi connectivity index (χ0v) is 12.6. The summed E-state index contributed by atoms with van der Waals surface area (Å²) in [5.74, 6) is 1.24. The van der Waals surface area contributed by atoms with Crippen LogP contribution >= 0.6 is 0 Å². The van der Waals surface area contributed by atoms with Crippen molar-refractivity contribution in [3.63, 3.8) is 0 Å². The van der Waals surface area contributed by atoms with Crippen molar-refractivity contribution in [2.45, 2.75) is 50.9 Å². The van der Waals surface area contributed by atoms with Crippen molar-refractivity contribution in [2.24, 2.45) is 0 Å². The van der Waals surface area contributed by atoms with Gasteiger partial charge in [0.25, 0.3) is 0 Å². The highest BCUT2D eigenvalue weighted by Crippen LogP contribution is 2.32. The zero-order valence-electron chi connectivity index (χ0n) is 12.6. The second-order valence-electron chi connectivity index (χ2n) is 5.71. The fourth-order valence-corrected chi connectivity index (χ4v) is 2.88. The fraction of sp³-hybridized carbons (Fsp3) is 0.471. The van der Waals surface area contributed by atoms with Crippen LogP contribution in [0.4, 0.5) is 0 Å². The molecule has 1 N–H and O–H groups in total. The number of hydrogen-bond acceptors (Lipinski definition) is 5. The Morgan fingerprint density at radius 2 is 2.00 bits per heavy atom. The summed E-state index contributed by atoms with van der Waals surface area (Å²) < 4.78 is 5.98. The molecule has 0 atom stereocenters. The van der Waals surface area contributed by atoms with Gasteiger partial charge in [0.05, 0.1) is 25.0 Å². The zero-order chi connectivity index (χ0) is 15.2. The number of rotatable bonds is 5. The number of nitrogens with zero attached hydrogens (tertiary/aromatic N) is 3. The van der Waals surface area contributed by atoms with E-state index in [9.17, 15) is 0 Å². The molecule has 1 fully saturated rings. The molecule has 5 nitrogen and oxygen atoms in total. The maximum absolute atomic E-state index is 9.17. The Morgan fingerprint density at radius 1 is 1.14 bits per heavy atom. The minimum Gasteiger partial charge on any atom is -0.390 e. The first kappa shape index (κ1) is 15.1. The summed E-state index contributed by atoms with van der Waals surface area (Å²) in [6.45, 7) is 0.596. The molecule has 2 aromatic rings. The summed E-state index contributed by atoms with van der Waals surface area (Å²) in [5, 5.41) is 9.17. The molecule has 2 aromatic heterocycles. The lowest BCUT2D eigenvalue weighted by Gasteiger charge is -2.27. The summed E-state index contributed by atoms with van der Waals surface area (Å²) in [4.78, 5) is 12.9. The van der Waals surface area contributed by atoms with Gasteiger partial charge in [-0.25, -0.2) is 9.97 Å². The topological polar surface area (TPSA) is 68.1 Å². The second kappa shape index (κ2) is 7.42. The highest BCUT2D eigenvalue weighted by atomic mass is 16.5. The maximum atomic E-state index is 9.17. The Labute approximate surface area is 130 Å². The molecule has 22 heavy (non-hydrogen) atoms. The van der Waals surface area contributed by atoms with E-state index in [0.29, 0.717) is 24.3 Å². The van der Waals surface area contributed by atoms with Crippen molar-refractivity contribution in [2.75, 3.05) is 0 Å². The number of aliphatic hydroxyl groups is 1. The van der Waals surface area contributed by atoms with Gasteiger partial charge in [0.15, 0.2) is 0 Å². The van der Waals surface area contributed by atoms with Crippen LogP contribution in [0.25, 0.3) is 0 Å². The number of hydrogen-bond donors (Lipinski definition) is 1. The molecular weight excluding hydrogens is 278 g/mol. The summed E-state index contributed by atoms with van der Waals surface area (Å²) in [6, 6.07) is 5.72. The van der Waals surface area contributed by atoms with Gasteiger partial charge in [0.1, 0.15) is 5.82 Å². The SMILES string of the molecule is OCc1ccnc(C2CCC(OCc3cccnc3)CC2)n1. The number of aromatic nitrogens is 3. The molecule has 0 aromatic carbocycles. The lowest BCUT2D eigenvalue weighted by molar-refractivity contribution is 0.0127. The number of aliphatic hydroxyl groups excluding tert-OH is 1. The van der Waals surface area contributed by atoms with Crippen molar-refractivity contribution >= 4 is 0 Å². The molecular formula is C17H21N3O2. The van der Waals surface area contributed by atoms with E-state index < -0.39 is 0 Å². The molecule has 116 valence electrons. The van der Waals surface area contributed by atoms with E-state index in [4.69, 9.17) is 9.84 Å². The average Bonchev–Trinajstić information content (AvgIpc) is 2.61. The van der Waals surface area contributed by atoms with Crippen LogP contribution in [-0.2, 0) is 18.0 Å². The van der Waals surface area contributed by atoms with Crippen LogP contribution in [0.5, 0.6) is 0 Å². The third-order valence-electron chi connectivity index (χ3n) is 4.14. The van der Waals surface area contributed by atoms with E-state index in [1.54, 1.807) is 18.5 Å². The maximum Gasteiger partial charge on any atom is 0.131 e. The lowest BCUT2D eigenvalue weighted by atomic mass is 9.86. The van der Waals surface area contributed by atoms with E-state index in [1.165, 1.54) is 0 Å². The van der Waals surface area contributed by atoms with Gasteiger partial charge in [0, 0.05) is 24.5 Å². The fourth-order valence-electron chi connectivity index (χ4n) is 2.88. The van der Waals surface area contributed by atoms with Crippen LogP contribution in [0.3, 0.4) is 0 Å². The van der Waals surface area contributed by atoms with Crippen LogP contribution in [-0.4, -0.2) is 26.2 Å². The molecule has 0 radical (unpaired) electrons.